The zero-order chi connectivity index (χ0) is 15.9. The number of fused-ring (bicyclic) bond motifs is 1. The number of halogens is 1. The van der Waals surface area contributed by atoms with Crippen LogP contribution in [0.5, 0.6) is 0 Å². The molecule has 1 aromatic heterocycles. The Bertz CT molecular complexity index is 796. The number of rotatable bonds is 3. The van der Waals surface area contributed by atoms with Gasteiger partial charge in [0.15, 0.2) is 0 Å². The largest absolute Gasteiger partial charge is 0.481 e. The molecule has 0 spiro atoms. The van der Waals surface area contributed by atoms with E-state index in [0.717, 1.165) is 6.07 Å². The van der Waals surface area contributed by atoms with Crippen LogP contribution in [0.15, 0.2) is 30.7 Å². The van der Waals surface area contributed by atoms with Crippen molar-refractivity contribution < 1.29 is 19.4 Å². The van der Waals surface area contributed by atoms with Crippen LogP contribution in [0.25, 0.3) is 0 Å². The van der Waals surface area contributed by atoms with Gasteiger partial charge in [-0.1, -0.05) is 6.07 Å². The molecule has 22 heavy (non-hydrogen) atoms. The molecular formula is C15H12FN3O3. The smallest absolute Gasteiger partial charge is 0.306 e. The number of carbonyl (C=O) groups is 1. The highest BCUT2D eigenvalue weighted by Crippen LogP contribution is 2.45. The van der Waals surface area contributed by atoms with Crippen LogP contribution >= 0.6 is 0 Å². The number of carboxylic acids is 1. The second-order valence-corrected chi connectivity index (χ2v) is 5.36. The lowest BCUT2D eigenvalue weighted by molar-refractivity contribution is -0.143. The van der Waals surface area contributed by atoms with Crippen molar-refractivity contribution in [3.05, 3.63) is 53.4 Å². The van der Waals surface area contributed by atoms with Crippen LogP contribution < -0.4 is 0 Å². The van der Waals surface area contributed by atoms with Crippen molar-refractivity contribution in [1.82, 2.24) is 9.55 Å². The number of hydrogen-bond acceptors (Lipinski definition) is 4. The number of aliphatic hydroxyl groups is 1. The summed E-state index contributed by atoms with van der Waals surface area (Å²) in [4.78, 5) is 14.9. The first kappa shape index (κ1) is 14.2. The molecule has 112 valence electrons. The number of nitrogens with zero attached hydrogens (tertiary/aromatic N) is 3. The van der Waals surface area contributed by atoms with E-state index in [0.29, 0.717) is 11.3 Å². The van der Waals surface area contributed by atoms with E-state index >= 15 is 0 Å². The minimum absolute atomic E-state index is 0.0416. The quantitative estimate of drug-likeness (QED) is 0.896. The molecule has 0 saturated carbocycles. The van der Waals surface area contributed by atoms with E-state index in [4.69, 9.17) is 10.4 Å². The van der Waals surface area contributed by atoms with Crippen LogP contribution in [-0.2, 0) is 10.4 Å². The number of hydrogen-bond donors (Lipinski definition) is 2. The fourth-order valence-electron chi connectivity index (χ4n) is 2.98. The van der Waals surface area contributed by atoms with Crippen molar-refractivity contribution in [3.8, 4) is 6.07 Å². The molecule has 7 heteroatoms. The van der Waals surface area contributed by atoms with Gasteiger partial charge in [0.1, 0.15) is 11.4 Å². The number of benzene rings is 1. The maximum absolute atomic E-state index is 14.2. The van der Waals surface area contributed by atoms with Crippen molar-refractivity contribution in [1.29, 1.82) is 5.26 Å². The van der Waals surface area contributed by atoms with Crippen LogP contribution in [0.2, 0.25) is 0 Å². The molecule has 0 fully saturated rings. The van der Waals surface area contributed by atoms with E-state index in [-0.39, 0.29) is 12.0 Å². The molecule has 0 aliphatic carbocycles. The Labute approximate surface area is 125 Å². The van der Waals surface area contributed by atoms with Gasteiger partial charge < -0.3 is 14.8 Å². The molecule has 1 unspecified atom stereocenters. The van der Waals surface area contributed by atoms with E-state index in [1.807, 2.05) is 6.07 Å². The number of aliphatic carboxylic acids is 1. The fraction of sp³-hybridized carbons (Fsp3) is 0.267. The van der Waals surface area contributed by atoms with Crippen molar-refractivity contribution in [3.63, 3.8) is 0 Å². The monoisotopic (exact) mass is 301 g/mol. The molecule has 0 radical (unpaired) electrons. The van der Waals surface area contributed by atoms with Crippen molar-refractivity contribution >= 4 is 5.97 Å². The fourth-order valence-corrected chi connectivity index (χ4v) is 2.98. The highest BCUT2D eigenvalue weighted by Gasteiger charge is 2.45. The molecular weight excluding hydrogens is 289 g/mol. The van der Waals surface area contributed by atoms with E-state index < -0.39 is 29.9 Å². The second-order valence-electron chi connectivity index (χ2n) is 5.36. The average molecular weight is 301 g/mol. The van der Waals surface area contributed by atoms with Gasteiger partial charge in [-0.15, -0.1) is 0 Å². The Morgan fingerprint density at radius 1 is 1.59 bits per heavy atom. The zero-order valence-electron chi connectivity index (χ0n) is 11.4. The van der Waals surface area contributed by atoms with Gasteiger partial charge >= 0.3 is 5.97 Å². The third kappa shape index (κ3) is 2.14. The maximum Gasteiger partial charge on any atom is 0.306 e. The van der Waals surface area contributed by atoms with Gasteiger partial charge in [0.2, 0.25) is 0 Å². The predicted octanol–water partition coefficient (Wildman–Crippen LogP) is 1.55. The topological polar surface area (TPSA) is 99.1 Å². The highest BCUT2D eigenvalue weighted by molar-refractivity contribution is 5.68. The molecule has 2 atom stereocenters. The number of nitriles is 1. The lowest BCUT2D eigenvalue weighted by atomic mass is 9.90. The van der Waals surface area contributed by atoms with Gasteiger partial charge in [0, 0.05) is 12.0 Å². The summed E-state index contributed by atoms with van der Waals surface area (Å²) in [5, 5.41) is 28.4. The molecule has 3 rings (SSSR count). The molecule has 2 heterocycles. The number of imidazole rings is 1. The Hall–Kier alpha value is -2.72. The molecule has 2 aromatic rings. The first-order chi connectivity index (χ1) is 10.4. The number of aromatic nitrogens is 2. The van der Waals surface area contributed by atoms with Crippen LogP contribution in [0.4, 0.5) is 4.39 Å². The predicted molar refractivity (Wildman–Crippen MR) is 72.2 cm³/mol. The Morgan fingerprint density at radius 2 is 2.36 bits per heavy atom. The lowest BCUT2D eigenvalue weighted by Gasteiger charge is -2.20. The summed E-state index contributed by atoms with van der Waals surface area (Å²) in [5.74, 6) is -1.71. The van der Waals surface area contributed by atoms with E-state index in [1.165, 1.54) is 24.7 Å². The van der Waals surface area contributed by atoms with Crippen molar-refractivity contribution in [2.24, 2.45) is 0 Å². The van der Waals surface area contributed by atoms with Crippen LogP contribution in [0.1, 0.15) is 35.7 Å². The Morgan fingerprint density at radius 3 is 3.00 bits per heavy atom. The van der Waals surface area contributed by atoms with Gasteiger partial charge in [-0.2, -0.15) is 5.26 Å². The molecule has 0 saturated heterocycles. The van der Waals surface area contributed by atoms with Gasteiger partial charge in [0.05, 0.1) is 42.3 Å². The number of carboxylic acid groups (broad SMARTS) is 1. The summed E-state index contributed by atoms with van der Waals surface area (Å²) in [6, 6.07) is 5.39. The molecule has 1 aliphatic rings. The van der Waals surface area contributed by atoms with Gasteiger partial charge in [-0.25, -0.2) is 9.37 Å². The minimum Gasteiger partial charge on any atom is -0.481 e. The molecule has 6 nitrogen and oxygen atoms in total. The van der Waals surface area contributed by atoms with Crippen LogP contribution in [-0.4, -0.2) is 25.7 Å². The summed E-state index contributed by atoms with van der Waals surface area (Å²) in [6.07, 6.45) is 2.40. The van der Waals surface area contributed by atoms with E-state index in [9.17, 15) is 14.3 Å². The standard InChI is InChI=1S/C15H12FN3O3/c16-11-3-9(6-17)1-2-10(11)12-4-15(22,5-14(20)21)13-7-18-8-19(12)13/h1-3,7-8,12,22H,4-5H2,(H,20,21)/t12-,15?/m1/s1. The first-order valence-corrected chi connectivity index (χ1v) is 6.60. The van der Waals surface area contributed by atoms with Gasteiger partial charge in [-0.05, 0) is 12.1 Å². The molecule has 1 aromatic carbocycles. The second kappa shape index (κ2) is 4.93. The summed E-state index contributed by atoms with van der Waals surface area (Å²) >= 11 is 0. The Balaban J connectivity index is 2.05. The van der Waals surface area contributed by atoms with E-state index in [2.05, 4.69) is 4.98 Å². The first-order valence-electron chi connectivity index (χ1n) is 6.60. The lowest BCUT2D eigenvalue weighted by Crippen LogP contribution is -2.26. The third-order valence-electron chi connectivity index (χ3n) is 3.94. The Kier molecular flexibility index (Phi) is 3.19. The molecule has 2 N–H and O–H groups in total. The average Bonchev–Trinajstić information content (AvgIpc) is 3.02. The zero-order valence-corrected chi connectivity index (χ0v) is 11.4. The summed E-state index contributed by atoms with van der Waals surface area (Å²) in [6.45, 7) is 0. The summed E-state index contributed by atoms with van der Waals surface area (Å²) in [7, 11) is 0. The maximum atomic E-state index is 14.2. The SMILES string of the molecule is N#Cc1ccc([C@H]2CC(O)(CC(=O)O)c3cncn32)c(F)c1. The molecule has 1 aliphatic heterocycles. The summed E-state index contributed by atoms with van der Waals surface area (Å²) in [5.41, 5.74) is -0.748. The molecule has 0 amide bonds. The normalized spacial score (nSPS) is 23.0. The molecule has 0 bridgehead atoms. The summed E-state index contributed by atoms with van der Waals surface area (Å²) < 4.78 is 15.8. The van der Waals surface area contributed by atoms with Crippen LogP contribution in [0.3, 0.4) is 0 Å². The highest BCUT2D eigenvalue weighted by atomic mass is 19.1. The van der Waals surface area contributed by atoms with E-state index in [1.54, 1.807) is 4.57 Å². The minimum atomic E-state index is -1.59. The van der Waals surface area contributed by atoms with Gasteiger partial charge in [-0.3, -0.25) is 4.79 Å². The third-order valence-corrected chi connectivity index (χ3v) is 3.94. The van der Waals surface area contributed by atoms with Crippen LogP contribution in [0, 0.1) is 17.1 Å². The van der Waals surface area contributed by atoms with Crippen molar-refractivity contribution in [2.45, 2.75) is 24.5 Å². The van der Waals surface area contributed by atoms with Crippen molar-refractivity contribution in [2.75, 3.05) is 0 Å². The van der Waals surface area contributed by atoms with Gasteiger partial charge in [0.25, 0.3) is 0 Å².